The summed E-state index contributed by atoms with van der Waals surface area (Å²) >= 11 is 17.2. The first-order valence-corrected chi connectivity index (χ1v) is 11.4. The van der Waals surface area contributed by atoms with E-state index in [1.807, 2.05) is 0 Å². The van der Waals surface area contributed by atoms with Crippen LogP contribution in [0.15, 0.2) is 58.8 Å². The highest BCUT2D eigenvalue weighted by atomic mass is 35.5. The quantitative estimate of drug-likeness (QED) is 0.210. The number of thiocarbonyl (C=S) groups is 1. The molecule has 0 fully saturated rings. The van der Waals surface area contributed by atoms with Crippen molar-refractivity contribution in [3.05, 3.63) is 74.9 Å². The first-order valence-electron chi connectivity index (χ1n) is 10.2. The molecule has 2 aromatic rings. The van der Waals surface area contributed by atoms with Gasteiger partial charge >= 0.3 is 5.97 Å². The third-order valence-electron chi connectivity index (χ3n) is 4.71. The monoisotopic (exact) mass is 520 g/mol. The van der Waals surface area contributed by atoms with Gasteiger partial charge in [-0.15, -0.1) is 0 Å². The minimum Gasteiger partial charge on any atom is -0.483 e. The standard InChI is InChI=1S/C23H22Cl2N4O4S/c1-3-32-22(31)20-13(2)27-23(34)28-21(20)16-6-4-5-7-18(16)33-12-19(30)29-26-11-14-8-9-15(24)10-17(14)25/h4-11,21H,3,12H2,1-2H3,(H,29,30)(H2,27,28,34)/t21-/m0/s1. The number of nitrogens with zero attached hydrogens (tertiary/aromatic N) is 1. The van der Waals surface area contributed by atoms with E-state index in [1.54, 1.807) is 56.3 Å². The largest absolute Gasteiger partial charge is 0.483 e. The molecule has 0 saturated heterocycles. The number of esters is 1. The maximum absolute atomic E-state index is 12.6. The van der Waals surface area contributed by atoms with Crippen molar-refractivity contribution in [1.82, 2.24) is 16.1 Å². The summed E-state index contributed by atoms with van der Waals surface area (Å²) in [6.45, 7) is 3.40. The molecule has 0 aromatic heterocycles. The Hall–Kier alpha value is -3.14. The number of carbonyl (C=O) groups excluding carboxylic acids is 2. The van der Waals surface area contributed by atoms with Gasteiger partial charge in [0.2, 0.25) is 0 Å². The molecule has 1 aliphatic heterocycles. The summed E-state index contributed by atoms with van der Waals surface area (Å²) < 4.78 is 11.0. The molecule has 0 aliphatic carbocycles. The number of halogens is 2. The van der Waals surface area contributed by atoms with E-state index in [0.29, 0.717) is 43.3 Å². The van der Waals surface area contributed by atoms with Crippen LogP contribution in [0.1, 0.15) is 31.0 Å². The molecule has 2 aromatic carbocycles. The predicted octanol–water partition coefficient (Wildman–Crippen LogP) is 3.88. The highest BCUT2D eigenvalue weighted by Crippen LogP contribution is 2.33. The lowest BCUT2D eigenvalue weighted by Gasteiger charge is -2.30. The van der Waals surface area contributed by atoms with Crippen molar-refractivity contribution >= 4 is 58.6 Å². The Bertz CT molecular complexity index is 1170. The molecule has 0 saturated carbocycles. The van der Waals surface area contributed by atoms with E-state index < -0.39 is 17.9 Å². The molecule has 178 valence electrons. The van der Waals surface area contributed by atoms with Crippen LogP contribution in [-0.2, 0) is 14.3 Å². The number of allylic oxidation sites excluding steroid dienone is 1. The predicted molar refractivity (Wildman–Crippen MR) is 135 cm³/mol. The molecule has 1 aliphatic rings. The van der Waals surface area contributed by atoms with Gasteiger partial charge in [0.15, 0.2) is 11.7 Å². The van der Waals surface area contributed by atoms with Gasteiger partial charge in [0.05, 0.1) is 29.5 Å². The summed E-state index contributed by atoms with van der Waals surface area (Å²) in [5, 5.41) is 11.2. The van der Waals surface area contributed by atoms with Crippen LogP contribution in [0.5, 0.6) is 5.75 Å². The zero-order valence-corrected chi connectivity index (χ0v) is 20.7. The average molecular weight is 521 g/mol. The fourth-order valence-electron chi connectivity index (χ4n) is 3.21. The van der Waals surface area contributed by atoms with E-state index in [1.165, 1.54) is 6.21 Å². The number of para-hydroxylation sites is 1. The van der Waals surface area contributed by atoms with Crippen molar-refractivity contribution in [1.29, 1.82) is 0 Å². The average Bonchev–Trinajstić information content (AvgIpc) is 2.79. The smallest absolute Gasteiger partial charge is 0.338 e. The third-order valence-corrected chi connectivity index (χ3v) is 5.49. The topological polar surface area (TPSA) is 101 Å². The van der Waals surface area contributed by atoms with Crippen LogP contribution >= 0.6 is 35.4 Å². The van der Waals surface area contributed by atoms with E-state index in [2.05, 4.69) is 21.2 Å². The molecule has 8 nitrogen and oxygen atoms in total. The van der Waals surface area contributed by atoms with Crippen LogP contribution in [0.4, 0.5) is 0 Å². The van der Waals surface area contributed by atoms with Gasteiger partial charge < -0.3 is 20.1 Å². The number of carbonyl (C=O) groups is 2. The molecule has 1 amide bonds. The van der Waals surface area contributed by atoms with Gasteiger partial charge in [-0.2, -0.15) is 5.10 Å². The van der Waals surface area contributed by atoms with Crippen molar-refractivity contribution in [2.75, 3.05) is 13.2 Å². The second-order valence-corrected chi connectivity index (χ2v) is 8.33. The number of benzene rings is 2. The fraction of sp³-hybridized carbons (Fsp3) is 0.217. The maximum atomic E-state index is 12.6. The first kappa shape index (κ1) is 25.5. The summed E-state index contributed by atoms with van der Waals surface area (Å²) in [6.07, 6.45) is 1.41. The van der Waals surface area contributed by atoms with Crippen LogP contribution in [0.25, 0.3) is 0 Å². The maximum Gasteiger partial charge on any atom is 0.338 e. The summed E-state index contributed by atoms with van der Waals surface area (Å²) in [5.41, 5.74) is 4.56. The van der Waals surface area contributed by atoms with Gasteiger partial charge in [-0.05, 0) is 44.3 Å². The minimum absolute atomic E-state index is 0.229. The minimum atomic E-state index is -0.614. The number of nitrogens with one attached hydrogen (secondary N) is 3. The summed E-state index contributed by atoms with van der Waals surface area (Å²) in [4.78, 5) is 24.9. The Kier molecular flexibility index (Phi) is 8.86. The highest BCUT2D eigenvalue weighted by molar-refractivity contribution is 7.80. The van der Waals surface area contributed by atoms with Crippen molar-refractivity contribution in [3.63, 3.8) is 0 Å². The van der Waals surface area contributed by atoms with E-state index in [0.717, 1.165) is 0 Å². The van der Waals surface area contributed by atoms with Crippen LogP contribution in [0, 0.1) is 0 Å². The van der Waals surface area contributed by atoms with Crippen molar-refractivity contribution < 1.29 is 19.1 Å². The Balaban J connectivity index is 1.72. The van der Waals surface area contributed by atoms with Crippen LogP contribution in [0.3, 0.4) is 0 Å². The zero-order valence-electron chi connectivity index (χ0n) is 18.4. The van der Waals surface area contributed by atoms with Crippen LogP contribution in [-0.4, -0.2) is 36.4 Å². The van der Waals surface area contributed by atoms with E-state index in [4.69, 9.17) is 44.9 Å². The van der Waals surface area contributed by atoms with Gasteiger partial charge in [0, 0.05) is 21.8 Å². The van der Waals surface area contributed by atoms with Gasteiger partial charge in [-0.25, -0.2) is 10.2 Å². The zero-order chi connectivity index (χ0) is 24.7. The molecule has 0 unspecified atom stereocenters. The van der Waals surface area contributed by atoms with Crippen LogP contribution < -0.4 is 20.8 Å². The SMILES string of the molecule is CCOC(=O)C1=C(C)NC(=S)N[C@H]1c1ccccc1OCC(=O)NN=Cc1ccc(Cl)cc1Cl. The number of ether oxygens (including phenoxy) is 2. The number of rotatable bonds is 8. The summed E-state index contributed by atoms with van der Waals surface area (Å²) in [7, 11) is 0. The fourth-order valence-corrected chi connectivity index (χ4v) is 3.94. The van der Waals surface area contributed by atoms with Crippen molar-refractivity contribution in [2.24, 2.45) is 5.10 Å². The Morgan fingerprint density at radius 1 is 1.24 bits per heavy atom. The molecular formula is C23H22Cl2N4O4S. The second-order valence-electron chi connectivity index (χ2n) is 7.08. The van der Waals surface area contributed by atoms with Gasteiger partial charge in [0.1, 0.15) is 5.75 Å². The lowest BCUT2D eigenvalue weighted by molar-refractivity contribution is -0.139. The second kappa shape index (κ2) is 11.8. The van der Waals surface area contributed by atoms with Crippen molar-refractivity contribution in [3.8, 4) is 5.75 Å². The molecule has 0 bridgehead atoms. The molecule has 1 heterocycles. The number of amides is 1. The number of hydrogen-bond donors (Lipinski definition) is 3. The molecule has 1 atom stereocenters. The lowest BCUT2D eigenvalue weighted by Crippen LogP contribution is -2.45. The highest BCUT2D eigenvalue weighted by Gasteiger charge is 2.32. The van der Waals surface area contributed by atoms with E-state index in [9.17, 15) is 9.59 Å². The van der Waals surface area contributed by atoms with Gasteiger partial charge in [-0.1, -0.05) is 47.5 Å². The molecule has 3 rings (SSSR count). The summed E-state index contributed by atoms with van der Waals surface area (Å²) in [5.74, 6) is -0.559. The Labute approximate surface area is 212 Å². The van der Waals surface area contributed by atoms with E-state index in [-0.39, 0.29) is 13.2 Å². The normalized spacial score (nSPS) is 15.5. The Morgan fingerprint density at radius 2 is 2.00 bits per heavy atom. The van der Waals surface area contributed by atoms with E-state index >= 15 is 0 Å². The third kappa shape index (κ3) is 6.47. The molecule has 0 spiro atoms. The molecular weight excluding hydrogens is 499 g/mol. The molecule has 0 radical (unpaired) electrons. The number of hydrogen-bond acceptors (Lipinski definition) is 6. The Morgan fingerprint density at radius 3 is 2.74 bits per heavy atom. The first-order chi connectivity index (χ1) is 16.3. The molecule has 11 heteroatoms. The van der Waals surface area contributed by atoms with Crippen molar-refractivity contribution in [2.45, 2.75) is 19.9 Å². The van der Waals surface area contributed by atoms with Gasteiger partial charge in [0.25, 0.3) is 5.91 Å². The summed E-state index contributed by atoms with van der Waals surface area (Å²) in [6, 6.07) is 11.4. The molecule has 34 heavy (non-hydrogen) atoms. The van der Waals surface area contributed by atoms with Gasteiger partial charge in [-0.3, -0.25) is 4.79 Å². The number of hydrazone groups is 1. The molecule has 3 N–H and O–H groups in total. The van der Waals surface area contributed by atoms with Crippen LogP contribution in [0.2, 0.25) is 10.0 Å². The lowest BCUT2D eigenvalue weighted by atomic mass is 9.95.